The average molecular weight is 441 g/mol. The average Bonchev–Trinajstić information content (AvgIpc) is 3.37. The first-order valence-corrected chi connectivity index (χ1v) is 10.5. The van der Waals surface area contributed by atoms with E-state index in [9.17, 15) is 18.0 Å². The van der Waals surface area contributed by atoms with Gasteiger partial charge in [-0.1, -0.05) is 30.3 Å². The highest BCUT2D eigenvalue weighted by Crippen LogP contribution is 2.34. The summed E-state index contributed by atoms with van der Waals surface area (Å²) in [6.07, 6.45) is -2.46. The number of para-hydroxylation sites is 1. The fraction of sp³-hybridized carbons (Fsp3) is 0.304. The Kier molecular flexibility index (Phi) is 4.93. The molecule has 1 aliphatic rings. The first kappa shape index (κ1) is 20.6. The van der Waals surface area contributed by atoms with E-state index in [1.807, 2.05) is 23.1 Å². The zero-order chi connectivity index (χ0) is 22.5. The molecule has 0 atom stereocenters. The van der Waals surface area contributed by atoms with Crippen LogP contribution in [0.2, 0.25) is 0 Å². The Labute approximate surface area is 181 Å². The number of rotatable bonds is 4. The molecule has 0 amide bonds. The fourth-order valence-corrected chi connectivity index (χ4v) is 4.53. The van der Waals surface area contributed by atoms with Crippen molar-refractivity contribution in [3.8, 4) is 0 Å². The van der Waals surface area contributed by atoms with Gasteiger partial charge in [-0.05, 0) is 49.2 Å². The van der Waals surface area contributed by atoms with E-state index in [0.29, 0.717) is 27.5 Å². The van der Waals surface area contributed by atoms with Crippen LogP contribution < -0.4 is 11.4 Å². The van der Waals surface area contributed by atoms with Crippen LogP contribution in [0.3, 0.4) is 0 Å². The van der Waals surface area contributed by atoms with Gasteiger partial charge in [0.15, 0.2) is 0 Å². The molecule has 1 aliphatic heterocycles. The van der Waals surface area contributed by atoms with E-state index in [1.54, 1.807) is 12.1 Å². The molecule has 1 fully saturated rings. The lowest BCUT2D eigenvalue weighted by Gasteiger charge is -2.20. The number of nitrogens with zero attached hydrogens (tertiary/aromatic N) is 3. The molecule has 1 saturated heterocycles. The number of H-pyrrole nitrogens is 1. The number of benzene rings is 2. The maximum atomic E-state index is 13.9. The lowest BCUT2D eigenvalue weighted by molar-refractivity contribution is -0.138. The highest BCUT2D eigenvalue weighted by Gasteiger charge is 2.34. The fourth-order valence-electron chi connectivity index (χ4n) is 4.53. The van der Waals surface area contributed by atoms with Crippen LogP contribution in [0.5, 0.6) is 0 Å². The first-order valence-electron chi connectivity index (χ1n) is 10.5. The summed E-state index contributed by atoms with van der Waals surface area (Å²) in [4.78, 5) is 21.8. The summed E-state index contributed by atoms with van der Waals surface area (Å²) in [5.41, 5.74) is 7.12. The molecule has 0 spiro atoms. The molecule has 0 radical (unpaired) electrons. The van der Waals surface area contributed by atoms with Crippen LogP contribution in [0.1, 0.15) is 29.5 Å². The van der Waals surface area contributed by atoms with E-state index in [1.165, 1.54) is 10.6 Å². The first-order chi connectivity index (χ1) is 15.3. The van der Waals surface area contributed by atoms with Gasteiger partial charge in [0.25, 0.3) is 0 Å². The Morgan fingerprint density at radius 3 is 2.56 bits per heavy atom. The van der Waals surface area contributed by atoms with Gasteiger partial charge in [0.2, 0.25) is 0 Å². The molecular formula is C23H22F3N5O. The smallest absolute Gasteiger partial charge is 0.382 e. The molecular weight excluding hydrogens is 419 g/mol. The van der Waals surface area contributed by atoms with Gasteiger partial charge in [-0.25, -0.2) is 9.78 Å². The summed E-state index contributed by atoms with van der Waals surface area (Å²) >= 11 is 0. The predicted octanol–water partition coefficient (Wildman–Crippen LogP) is 4.12. The monoisotopic (exact) mass is 441 g/mol. The SMILES string of the molecule is Nc1nc2ccccc2c2c1[nH]c(=O)n2Cc1ccc(CN2CCCC2)c(C(F)(F)F)c1. The number of imidazole rings is 1. The topological polar surface area (TPSA) is 79.9 Å². The summed E-state index contributed by atoms with van der Waals surface area (Å²) in [5.74, 6) is 0.173. The van der Waals surface area contributed by atoms with Gasteiger partial charge in [-0.3, -0.25) is 9.47 Å². The van der Waals surface area contributed by atoms with Gasteiger partial charge in [-0.15, -0.1) is 0 Å². The molecule has 0 bridgehead atoms. The maximum Gasteiger partial charge on any atom is 0.416 e. The molecule has 4 aromatic rings. The molecule has 2 aromatic carbocycles. The van der Waals surface area contributed by atoms with Crippen LogP contribution in [-0.4, -0.2) is 32.5 Å². The van der Waals surface area contributed by atoms with Gasteiger partial charge < -0.3 is 10.7 Å². The van der Waals surface area contributed by atoms with Crippen molar-refractivity contribution in [1.29, 1.82) is 0 Å². The van der Waals surface area contributed by atoms with E-state index in [4.69, 9.17) is 5.73 Å². The number of nitrogens with one attached hydrogen (secondary N) is 1. The standard InChI is InChI=1S/C23H22F3N5O/c24-23(25,26)17-11-14(7-8-15(17)13-30-9-3-4-10-30)12-31-20-16-5-1-2-6-18(16)28-21(27)19(20)29-22(31)32/h1-2,5-8,11H,3-4,9-10,12-13H2,(H2,27,28)(H,29,32). The lowest BCUT2D eigenvalue weighted by atomic mass is 10.0. The Balaban J connectivity index is 1.59. The number of halogens is 3. The quantitative estimate of drug-likeness (QED) is 0.499. The molecule has 32 heavy (non-hydrogen) atoms. The zero-order valence-corrected chi connectivity index (χ0v) is 17.2. The zero-order valence-electron chi connectivity index (χ0n) is 17.2. The van der Waals surface area contributed by atoms with Crippen molar-refractivity contribution in [2.45, 2.75) is 32.1 Å². The summed E-state index contributed by atoms with van der Waals surface area (Å²) in [6.45, 7) is 1.88. The second kappa shape index (κ2) is 7.67. The van der Waals surface area contributed by atoms with Crippen LogP contribution in [0.4, 0.5) is 19.0 Å². The molecule has 166 valence electrons. The maximum absolute atomic E-state index is 13.9. The number of pyridine rings is 1. The van der Waals surface area contributed by atoms with E-state index in [-0.39, 0.29) is 24.5 Å². The molecule has 9 heteroatoms. The number of anilines is 1. The number of fused-ring (bicyclic) bond motifs is 3. The van der Waals surface area contributed by atoms with Crippen molar-refractivity contribution in [2.75, 3.05) is 18.8 Å². The minimum absolute atomic E-state index is 0.0145. The van der Waals surface area contributed by atoms with Crippen molar-refractivity contribution in [3.05, 3.63) is 69.6 Å². The third-order valence-corrected chi connectivity index (χ3v) is 6.05. The third kappa shape index (κ3) is 3.62. The van der Waals surface area contributed by atoms with Crippen LogP contribution in [0.25, 0.3) is 21.9 Å². The number of nitrogens with two attached hydrogens (primary N) is 1. The number of likely N-dealkylation sites (tertiary alicyclic amines) is 1. The van der Waals surface area contributed by atoms with Crippen molar-refractivity contribution in [3.63, 3.8) is 0 Å². The normalized spacial score (nSPS) is 15.2. The van der Waals surface area contributed by atoms with Crippen molar-refractivity contribution in [1.82, 2.24) is 19.4 Å². The largest absolute Gasteiger partial charge is 0.416 e. The second-order valence-electron chi connectivity index (χ2n) is 8.23. The number of hydrogen-bond donors (Lipinski definition) is 2. The number of nitrogen functional groups attached to an aromatic ring is 1. The van der Waals surface area contributed by atoms with Crippen molar-refractivity contribution in [2.24, 2.45) is 0 Å². The van der Waals surface area contributed by atoms with Gasteiger partial charge in [0, 0.05) is 11.9 Å². The van der Waals surface area contributed by atoms with Gasteiger partial charge in [-0.2, -0.15) is 13.2 Å². The van der Waals surface area contributed by atoms with Crippen molar-refractivity contribution >= 4 is 27.8 Å². The molecule has 0 unspecified atom stereocenters. The second-order valence-corrected chi connectivity index (χ2v) is 8.23. The minimum atomic E-state index is -4.47. The summed E-state index contributed by atoms with van der Waals surface area (Å²) in [7, 11) is 0. The summed E-state index contributed by atoms with van der Waals surface area (Å²) in [6, 6.07) is 11.6. The van der Waals surface area contributed by atoms with Gasteiger partial charge in [0.05, 0.1) is 23.1 Å². The Hall–Kier alpha value is -3.33. The van der Waals surface area contributed by atoms with E-state index >= 15 is 0 Å². The molecule has 6 nitrogen and oxygen atoms in total. The molecule has 0 saturated carbocycles. The van der Waals surface area contributed by atoms with E-state index in [2.05, 4.69) is 9.97 Å². The number of hydrogen-bond acceptors (Lipinski definition) is 4. The molecule has 5 rings (SSSR count). The minimum Gasteiger partial charge on any atom is -0.382 e. The van der Waals surface area contributed by atoms with Gasteiger partial charge >= 0.3 is 11.9 Å². The predicted molar refractivity (Wildman–Crippen MR) is 117 cm³/mol. The molecule has 2 aromatic heterocycles. The van der Waals surface area contributed by atoms with E-state index < -0.39 is 17.4 Å². The Morgan fingerprint density at radius 1 is 1.06 bits per heavy atom. The van der Waals surface area contributed by atoms with Crippen LogP contribution in [0, 0.1) is 0 Å². The van der Waals surface area contributed by atoms with E-state index in [0.717, 1.165) is 32.0 Å². The molecule has 3 heterocycles. The highest BCUT2D eigenvalue weighted by atomic mass is 19.4. The highest BCUT2D eigenvalue weighted by molar-refractivity contribution is 6.06. The number of aromatic amines is 1. The number of alkyl halides is 3. The third-order valence-electron chi connectivity index (χ3n) is 6.05. The van der Waals surface area contributed by atoms with Crippen LogP contribution in [0.15, 0.2) is 47.3 Å². The van der Waals surface area contributed by atoms with Gasteiger partial charge in [0.1, 0.15) is 11.3 Å². The lowest BCUT2D eigenvalue weighted by Crippen LogP contribution is -2.22. The molecule has 3 N–H and O–H groups in total. The van der Waals surface area contributed by atoms with Crippen molar-refractivity contribution < 1.29 is 13.2 Å². The molecule has 0 aliphatic carbocycles. The number of aromatic nitrogens is 3. The Morgan fingerprint density at radius 2 is 1.81 bits per heavy atom. The Bertz CT molecular complexity index is 1370. The summed E-state index contributed by atoms with van der Waals surface area (Å²) in [5, 5.41) is 0.705. The summed E-state index contributed by atoms with van der Waals surface area (Å²) < 4.78 is 43.0. The van der Waals surface area contributed by atoms with Crippen LogP contribution >= 0.6 is 0 Å². The van der Waals surface area contributed by atoms with Crippen LogP contribution in [-0.2, 0) is 19.3 Å².